The lowest BCUT2D eigenvalue weighted by molar-refractivity contribution is 0.414. The highest BCUT2D eigenvalue weighted by molar-refractivity contribution is 7.98. The molecule has 0 aliphatic carbocycles. The topological polar surface area (TPSA) is 63.4 Å². The van der Waals surface area contributed by atoms with Crippen molar-refractivity contribution in [1.29, 1.82) is 0 Å². The first-order chi connectivity index (χ1) is 8.36. The number of hydrogen-bond acceptors (Lipinski definition) is 5. The van der Waals surface area contributed by atoms with Gasteiger partial charge in [-0.25, -0.2) is 8.42 Å². The van der Waals surface area contributed by atoms with Gasteiger partial charge in [-0.1, -0.05) is 0 Å². The molecule has 0 bridgehead atoms. The predicted octanol–water partition coefficient (Wildman–Crippen LogP) is 1.89. The first-order valence-electron chi connectivity index (χ1n) is 5.60. The Balaban J connectivity index is 3.17. The number of thiophene rings is 1. The second-order valence-electron chi connectivity index (χ2n) is 4.20. The molecule has 0 radical (unpaired) electrons. The Bertz CT molecular complexity index is 496. The first-order valence-corrected chi connectivity index (χ1v) is 9.31. The number of rotatable bonds is 6. The van der Waals surface area contributed by atoms with Crippen molar-refractivity contribution in [2.24, 2.45) is 5.73 Å². The molecule has 0 spiro atoms. The van der Waals surface area contributed by atoms with Crippen molar-refractivity contribution >= 4 is 33.1 Å². The van der Waals surface area contributed by atoms with Gasteiger partial charge in [-0.05, 0) is 31.0 Å². The van der Waals surface area contributed by atoms with Crippen molar-refractivity contribution in [2.45, 2.75) is 31.3 Å². The zero-order valence-electron chi connectivity index (χ0n) is 11.1. The molecule has 104 valence electrons. The fraction of sp³-hybridized carbons (Fsp3) is 0.636. The average molecular weight is 308 g/mol. The van der Waals surface area contributed by atoms with Gasteiger partial charge in [-0.15, -0.1) is 11.3 Å². The van der Waals surface area contributed by atoms with Crippen LogP contribution in [-0.4, -0.2) is 37.8 Å². The maximum atomic E-state index is 12.6. The summed E-state index contributed by atoms with van der Waals surface area (Å²) in [5.74, 6) is 0.775. The van der Waals surface area contributed by atoms with Gasteiger partial charge in [0.1, 0.15) is 4.90 Å². The molecule has 7 heteroatoms. The normalized spacial score (nSPS) is 14.1. The van der Waals surface area contributed by atoms with Crippen LogP contribution in [-0.2, 0) is 16.6 Å². The van der Waals surface area contributed by atoms with E-state index in [2.05, 4.69) is 0 Å². The highest BCUT2D eigenvalue weighted by Gasteiger charge is 2.29. The Morgan fingerprint density at radius 3 is 2.67 bits per heavy atom. The minimum absolute atomic E-state index is 0.0325. The molecule has 0 aliphatic rings. The van der Waals surface area contributed by atoms with E-state index in [9.17, 15) is 8.42 Å². The molecule has 0 saturated heterocycles. The van der Waals surface area contributed by atoms with Crippen LogP contribution in [0.15, 0.2) is 10.3 Å². The van der Waals surface area contributed by atoms with Crippen LogP contribution in [0.25, 0.3) is 0 Å². The molecule has 1 heterocycles. The van der Waals surface area contributed by atoms with Crippen LogP contribution in [0.5, 0.6) is 0 Å². The highest BCUT2D eigenvalue weighted by Crippen LogP contribution is 2.29. The van der Waals surface area contributed by atoms with E-state index in [4.69, 9.17) is 5.73 Å². The molecule has 0 amide bonds. The second kappa shape index (κ2) is 6.38. The molecule has 0 aliphatic heterocycles. The summed E-state index contributed by atoms with van der Waals surface area (Å²) in [7, 11) is -1.81. The van der Waals surface area contributed by atoms with Crippen molar-refractivity contribution < 1.29 is 8.42 Å². The molecule has 4 nitrogen and oxygen atoms in total. The average Bonchev–Trinajstić information content (AvgIpc) is 2.70. The minimum Gasteiger partial charge on any atom is -0.326 e. The van der Waals surface area contributed by atoms with Gasteiger partial charge in [0.25, 0.3) is 0 Å². The Labute approximate surface area is 118 Å². The van der Waals surface area contributed by atoms with Gasteiger partial charge in [-0.2, -0.15) is 16.1 Å². The number of nitrogens with two attached hydrogens (primary N) is 1. The Morgan fingerprint density at radius 2 is 2.17 bits per heavy atom. The van der Waals surface area contributed by atoms with Gasteiger partial charge in [0.15, 0.2) is 0 Å². The van der Waals surface area contributed by atoms with Gasteiger partial charge in [-0.3, -0.25) is 0 Å². The van der Waals surface area contributed by atoms with Crippen LogP contribution in [0, 0.1) is 6.92 Å². The van der Waals surface area contributed by atoms with Crippen LogP contribution in [0.4, 0.5) is 0 Å². The highest BCUT2D eigenvalue weighted by atomic mass is 32.2. The molecule has 1 aromatic heterocycles. The fourth-order valence-corrected chi connectivity index (χ4v) is 5.51. The molecular weight excluding hydrogens is 288 g/mol. The molecule has 1 aromatic rings. The van der Waals surface area contributed by atoms with Gasteiger partial charge in [0.05, 0.1) is 0 Å². The number of hydrogen-bond donors (Lipinski definition) is 1. The van der Waals surface area contributed by atoms with E-state index in [0.717, 1.165) is 16.2 Å². The third-order valence-electron chi connectivity index (χ3n) is 2.84. The summed E-state index contributed by atoms with van der Waals surface area (Å²) in [6.45, 7) is 3.99. The Morgan fingerprint density at radius 1 is 1.56 bits per heavy atom. The Kier molecular flexibility index (Phi) is 5.67. The molecule has 0 fully saturated rings. The summed E-state index contributed by atoms with van der Waals surface area (Å²) < 4.78 is 26.6. The van der Waals surface area contributed by atoms with Crippen molar-refractivity contribution in [3.05, 3.63) is 15.8 Å². The van der Waals surface area contributed by atoms with E-state index >= 15 is 0 Å². The lowest BCUT2D eigenvalue weighted by Crippen LogP contribution is -2.37. The Hall–Kier alpha value is -0.0800. The summed E-state index contributed by atoms with van der Waals surface area (Å²) in [5, 5.41) is 1.85. The van der Waals surface area contributed by atoms with Crippen molar-refractivity contribution in [3.63, 3.8) is 0 Å². The van der Waals surface area contributed by atoms with E-state index < -0.39 is 10.0 Å². The van der Waals surface area contributed by atoms with Crippen LogP contribution >= 0.6 is 23.1 Å². The van der Waals surface area contributed by atoms with Crippen molar-refractivity contribution in [3.8, 4) is 0 Å². The smallest absolute Gasteiger partial charge is 0.244 e. The van der Waals surface area contributed by atoms with E-state index in [0.29, 0.717) is 4.90 Å². The largest absolute Gasteiger partial charge is 0.326 e. The summed E-state index contributed by atoms with van der Waals surface area (Å²) in [5.41, 5.74) is 6.40. The van der Waals surface area contributed by atoms with Crippen molar-refractivity contribution in [2.75, 3.05) is 19.1 Å². The molecule has 0 saturated carbocycles. The van der Waals surface area contributed by atoms with E-state index in [-0.39, 0.29) is 12.6 Å². The molecular formula is C11H20N2O2S3. The third-order valence-corrected chi connectivity index (χ3v) is 7.11. The molecule has 1 atom stereocenters. The van der Waals surface area contributed by atoms with E-state index in [1.54, 1.807) is 18.8 Å². The van der Waals surface area contributed by atoms with Crippen LogP contribution < -0.4 is 5.73 Å². The first kappa shape index (κ1) is 16.0. The predicted molar refractivity (Wildman–Crippen MR) is 79.7 cm³/mol. The van der Waals surface area contributed by atoms with Crippen LogP contribution in [0.2, 0.25) is 0 Å². The molecule has 1 rings (SSSR count). The molecule has 2 N–H and O–H groups in total. The number of thioether (sulfide) groups is 1. The maximum Gasteiger partial charge on any atom is 0.244 e. The second-order valence-corrected chi connectivity index (χ2v) is 8.01. The monoisotopic (exact) mass is 308 g/mol. The number of aryl methyl sites for hydroxylation is 1. The molecule has 18 heavy (non-hydrogen) atoms. The quantitative estimate of drug-likeness (QED) is 0.871. The molecule has 1 unspecified atom stereocenters. The summed E-state index contributed by atoms with van der Waals surface area (Å²) >= 11 is 3.05. The SMILES string of the molecule is CSCC(C)N(C)S(=O)(=O)c1c(C)csc1CN. The summed E-state index contributed by atoms with van der Waals surface area (Å²) in [6.07, 6.45) is 1.97. The van der Waals surface area contributed by atoms with Crippen LogP contribution in [0.1, 0.15) is 17.4 Å². The van der Waals surface area contributed by atoms with Gasteiger partial charge >= 0.3 is 0 Å². The summed E-state index contributed by atoms with van der Waals surface area (Å²) in [4.78, 5) is 1.13. The minimum atomic E-state index is -3.44. The fourth-order valence-electron chi connectivity index (χ4n) is 1.70. The third kappa shape index (κ3) is 3.08. The van der Waals surface area contributed by atoms with Crippen molar-refractivity contribution in [1.82, 2.24) is 4.31 Å². The molecule has 0 aromatic carbocycles. The number of nitrogens with zero attached hydrogens (tertiary/aromatic N) is 1. The standard InChI is InChI=1S/C11H20N2O2S3/c1-8-6-17-10(5-12)11(8)18(14,15)13(3)9(2)7-16-4/h6,9H,5,7,12H2,1-4H3. The van der Waals surface area contributed by atoms with E-state index in [1.165, 1.54) is 15.6 Å². The lowest BCUT2D eigenvalue weighted by atomic mass is 10.3. The van der Waals surface area contributed by atoms with Gasteiger partial charge in [0, 0.05) is 30.3 Å². The zero-order valence-corrected chi connectivity index (χ0v) is 13.6. The van der Waals surface area contributed by atoms with Crippen LogP contribution in [0.3, 0.4) is 0 Å². The number of sulfonamides is 1. The maximum absolute atomic E-state index is 12.6. The lowest BCUT2D eigenvalue weighted by Gasteiger charge is -2.24. The zero-order chi connectivity index (χ0) is 13.9. The van der Waals surface area contributed by atoms with E-state index in [1.807, 2.05) is 25.5 Å². The van der Waals surface area contributed by atoms with Gasteiger partial charge in [0.2, 0.25) is 10.0 Å². The van der Waals surface area contributed by atoms with Gasteiger partial charge < -0.3 is 5.73 Å². The summed E-state index contributed by atoms with van der Waals surface area (Å²) in [6, 6.07) is -0.0325.